The lowest BCUT2D eigenvalue weighted by atomic mass is 9.79. The molecule has 1 aromatic heterocycles. The van der Waals surface area contributed by atoms with Crippen molar-refractivity contribution in [3.8, 4) is 0 Å². The van der Waals surface area contributed by atoms with Crippen molar-refractivity contribution in [2.45, 2.75) is 57.0 Å². The average molecular weight is 367 g/mol. The standard InChI is InChI=1S/C21H30N6/c1-22-21(26-19-11-12-20-24-15-25-27(20)14-19)23-13-16-7-9-18(10-8-16)17-5-3-2-4-6-17/h2-6,15-16,18-19H,7-14H2,1H3,(H2,22,23,26). The smallest absolute Gasteiger partial charge is 0.191 e. The summed E-state index contributed by atoms with van der Waals surface area (Å²) in [5, 5.41) is 11.4. The van der Waals surface area contributed by atoms with Gasteiger partial charge in [-0.3, -0.25) is 4.99 Å². The van der Waals surface area contributed by atoms with Crippen LogP contribution in [0.4, 0.5) is 0 Å². The Hall–Kier alpha value is -2.37. The van der Waals surface area contributed by atoms with Crippen LogP contribution in [-0.2, 0) is 13.0 Å². The molecule has 2 aliphatic rings. The molecular formula is C21H30N6. The summed E-state index contributed by atoms with van der Waals surface area (Å²) in [7, 11) is 1.85. The first-order valence-corrected chi connectivity index (χ1v) is 10.2. The highest BCUT2D eigenvalue weighted by atomic mass is 15.4. The number of nitrogens with one attached hydrogen (secondary N) is 2. The van der Waals surface area contributed by atoms with Crippen molar-refractivity contribution in [3.63, 3.8) is 0 Å². The maximum absolute atomic E-state index is 4.42. The molecule has 2 aromatic rings. The maximum atomic E-state index is 4.42. The molecule has 0 saturated heterocycles. The van der Waals surface area contributed by atoms with Gasteiger partial charge in [0, 0.05) is 26.1 Å². The lowest BCUT2D eigenvalue weighted by Crippen LogP contribution is -2.48. The fourth-order valence-electron chi connectivity index (χ4n) is 4.41. The number of benzene rings is 1. The van der Waals surface area contributed by atoms with E-state index in [1.165, 1.54) is 31.2 Å². The summed E-state index contributed by atoms with van der Waals surface area (Å²) in [5.74, 6) is 3.47. The third-order valence-corrected chi connectivity index (χ3v) is 6.05. The molecule has 0 bridgehead atoms. The van der Waals surface area contributed by atoms with Gasteiger partial charge >= 0.3 is 0 Å². The topological polar surface area (TPSA) is 67.1 Å². The highest BCUT2D eigenvalue weighted by molar-refractivity contribution is 5.79. The molecule has 0 amide bonds. The molecule has 1 unspecified atom stereocenters. The third-order valence-electron chi connectivity index (χ3n) is 6.05. The molecule has 2 N–H and O–H groups in total. The van der Waals surface area contributed by atoms with Crippen molar-refractivity contribution in [2.24, 2.45) is 10.9 Å². The van der Waals surface area contributed by atoms with Gasteiger partial charge in [0.1, 0.15) is 12.2 Å². The first kappa shape index (κ1) is 18.0. The van der Waals surface area contributed by atoms with E-state index in [-0.39, 0.29) is 0 Å². The molecular weight excluding hydrogens is 336 g/mol. The summed E-state index contributed by atoms with van der Waals surface area (Å²) in [4.78, 5) is 8.72. The van der Waals surface area contributed by atoms with Crippen molar-refractivity contribution >= 4 is 5.96 Å². The molecule has 27 heavy (non-hydrogen) atoms. The normalized spacial score (nSPS) is 25.7. The summed E-state index contributed by atoms with van der Waals surface area (Å²) in [6.07, 6.45) is 8.85. The second-order valence-corrected chi connectivity index (χ2v) is 7.82. The number of hydrogen-bond acceptors (Lipinski definition) is 3. The summed E-state index contributed by atoms with van der Waals surface area (Å²) >= 11 is 0. The van der Waals surface area contributed by atoms with E-state index in [1.807, 2.05) is 11.7 Å². The largest absolute Gasteiger partial charge is 0.356 e. The van der Waals surface area contributed by atoms with Gasteiger partial charge in [-0.15, -0.1) is 0 Å². The lowest BCUT2D eigenvalue weighted by Gasteiger charge is -2.30. The second-order valence-electron chi connectivity index (χ2n) is 7.82. The summed E-state index contributed by atoms with van der Waals surface area (Å²) in [5.41, 5.74) is 1.51. The molecule has 0 radical (unpaired) electrons. The number of aromatic nitrogens is 3. The Kier molecular flexibility index (Phi) is 5.70. The molecule has 144 valence electrons. The SMILES string of the molecule is CN=C(NCC1CCC(c2ccccc2)CC1)NC1CCc2ncnn2C1. The molecule has 1 saturated carbocycles. The van der Waals surface area contributed by atoms with Gasteiger partial charge in [0.15, 0.2) is 5.96 Å². The van der Waals surface area contributed by atoms with E-state index in [0.29, 0.717) is 6.04 Å². The molecule has 4 rings (SSSR count). The number of aryl methyl sites for hydroxylation is 1. The summed E-state index contributed by atoms with van der Waals surface area (Å²) in [6.45, 7) is 1.86. The molecule has 1 aliphatic carbocycles. The van der Waals surface area contributed by atoms with Crippen LogP contribution in [-0.4, -0.2) is 40.4 Å². The van der Waals surface area contributed by atoms with E-state index < -0.39 is 0 Å². The zero-order valence-electron chi connectivity index (χ0n) is 16.1. The molecule has 0 spiro atoms. The number of fused-ring (bicyclic) bond motifs is 1. The number of aliphatic imine (C=N–C) groups is 1. The fraction of sp³-hybridized carbons (Fsp3) is 0.571. The van der Waals surface area contributed by atoms with Crippen LogP contribution < -0.4 is 10.6 Å². The fourth-order valence-corrected chi connectivity index (χ4v) is 4.41. The maximum Gasteiger partial charge on any atom is 0.191 e. The number of rotatable bonds is 4. The van der Waals surface area contributed by atoms with Crippen molar-refractivity contribution in [2.75, 3.05) is 13.6 Å². The van der Waals surface area contributed by atoms with Crippen LogP contribution in [0.3, 0.4) is 0 Å². The van der Waals surface area contributed by atoms with E-state index in [2.05, 4.69) is 56.0 Å². The monoisotopic (exact) mass is 366 g/mol. The van der Waals surface area contributed by atoms with Crippen LogP contribution in [0, 0.1) is 5.92 Å². The first-order valence-electron chi connectivity index (χ1n) is 10.2. The minimum Gasteiger partial charge on any atom is -0.356 e. The first-order chi connectivity index (χ1) is 13.3. The molecule has 1 fully saturated rings. The van der Waals surface area contributed by atoms with Gasteiger partial charge in [0.2, 0.25) is 0 Å². The van der Waals surface area contributed by atoms with E-state index in [4.69, 9.17) is 0 Å². The van der Waals surface area contributed by atoms with Crippen molar-refractivity contribution < 1.29 is 0 Å². The Morgan fingerprint density at radius 3 is 2.74 bits per heavy atom. The molecule has 6 nitrogen and oxygen atoms in total. The summed E-state index contributed by atoms with van der Waals surface area (Å²) < 4.78 is 2.00. The predicted molar refractivity (Wildman–Crippen MR) is 108 cm³/mol. The van der Waals surface area contributed by atoms with Gasteiger partial charge < -0.3 is 10.6 Å². The molecule has 6 heteroatoms. The third kappa shape index (κ3) is 4.49. The number of hydrogen-bond donors (Lipinski definition) is 2. The van der Waals surface area contributed by atoms with E-state index in [0.717, 1.165) is 49.6 Å². The Labute approximate surface area is 161 Å². The molecule has 2 heterocycles. The molecule has 1 atom stereocenters. The quantitative estimate of drug-likeness (QED) is 0.645. The van der Waals surface area contributed by atoms with Gasteiger partial charge in [-0.1, -0.05) is 30.3 Å². The van der Waals surface area contributed by atoms with Gasteiger partial charge in [0.05, 0.1) is 6.54 Å². The van der Waals surface area contributed by atoms with E-state index in [1.54, 1.807) is 6.33 Å². The van der Waals surface area contributed by atoms with Gasteiger partial charge in [-0.05, 0) is 49.5 Å². The Bertz CT molecular complexity index is 745. The van der Waals surface area contributed by atoms with E-state index in [9.17, 15) is 0 Å². The van der Waals surface area contributed by atoms with Gasteiger partial charge in [0.25, 0.3) is 0 Å². The summed E-state index contributed by atoms with van der Waals surface area (Å²) in [6, 6.07) is 11.3. The van der Waals surface area contributed by atoms with Crippen molar-refractivity contribution in [1.82, 2.24) is 25.4 Å². The van der Waals surface area contributed by atoms with Crippen molar-refractivity contribution in [1.29, 1.82) is 0 Å². The molecule has 1 aliphatic heterocycles. The number of nitrogens with zero attached hydrogens (tertiary/aromatic N) is 4. The lowest BCUT2D eigenvalue weighted by molar-refractivity contribution is 0.323. The van der Waals surface area contributed by atoms with Crippen molar-refractivity contribution in [3.05, 3.63) is 48.0 Å². The Balaban J connectivity index is 1.21. The Morgan fingerprint density at radius 2 is 1.96 bits per heavy atom. The van der Waals surface area contributed by atoms with Crippen LogP contribution in [0.2, 0.25) is 0 Å². The minimum absolute atomic E-state index is 0.360. The van der Waals surface area contributed by atoms with Crippen LogP contribution in [0.15, 0.2) is 41.7 Å². The predicted octanol–water partition coefficient (Wildman–Crippen LogP) is 2.73. The van der Waals surface area contributed by atoms with Gasteiger partial charge in [-0.25, -0.2) is 9.67 Å². The van der Waals surface area contributed by atoms with Crippen LogP contribution in [0.25, 0.3) is 0 Å². The average Bonchev–Trinajstić information content (AvgIpc) is 3.20. The van der Waals surface area contributed by atoms with Gasteiger partial charge in [-0.2, -0.15) is 5.10 Å². The van der Waals surface area contributed by atoms with Crippen LogP contribution >= 0.6 is 0 Å². The van der Waals surface area contributed by atoms with Crippen LogP contribution in [0.1, 0.15) is 49.4 Å². The highest BCUT2D eigenvalue weighted by Crippen LogP contribution is 2.35. The van der Waals surface area contributed by atoms with E-state index >= 15 is 0 Å². The second kappa shape index (κ2) is 8.55. The Morgan fingerprint density at radius 1 is 1.15 bits per heavy atom. The zero-order chi connectivity index (χ0) is 18.5. The van der Waals surface area contributed by atoms with Crippen LogP contribution in [0.5, 0.6) is 0 Å². The molecule has 1 aromatic carbocycles. The zero-order valence-corrected chi connectivity index (χ0v) is 16.1. The minimum atomic E-state index is 0.360. The number of guanidine groups is 1. The highest BCUT2D eigenvalue weighted by Gasteiger charge is 2.23.